The fourth-order valence-corrected chi connectivity index (χ4v) is 2.26. The second-order valence-corrected chi connectivity index (χ2v) is 4.80. The molecule has 1 saturated heterocycles. The molecule has 120 valence electrons. The predicted molar refractivity (Wildman–Crippen MR) is 74.0 cm³/mol. The third-order valence-electron chi connectivity index (χ3n) is 3.25. The number of rotatable bonds is 5. The van der Waals surface area contributed by atoms with Crippen LogP contribution in [0.4, 0.5) is 0 Å². The molecule has 0 aromatic heterocycles. The molecule has 0 spiro atoms. The average molecular weight is 310 g/mol. The molecule has 1 aromatic carbocycles. The lowest BCUT2D eigenvalue weighted by atomic mass is 10.1. The zero-order valence-electron chi connectivity index (χ0n) is 12.3. The molecule has 1 fully saturated rings. The van der Waals surface area contributed by atoms with E-state index in [1.807, 2.05) is 0 Å². The molecule has 0 amide bonds. The van der Waals surface area contributed by atoms with Crippen LogP contribution in [-0.2, 0) is 23.7 Å². The quantitative estimate of drug-likeness (QED) is 0.792. The topological polar surface area (TPSA) is 91.3 Å². The van der Waals surface area contributed by atoms with Crippen molar-refractivity contribution in [2.24, 2.45) is 0 Å². The van der Waals surface area contributed by atoms with E-state index in [4.69, 9.17) is 18.9 Å². The Labute approximate surface area is 127 Å². The predicted octanol–water partition coefficient (Wildman–Crippen LogP) is 0.507. The van der Waals surface area contributed by atoms with E-state index in [1.165, 1.54) is 14.0 Å². The summed E-state index contributed by atoms with van der Waals surface area (Å²) < 4.78 is 20.6. The Morgan fingerprint density at radius 2 is 1.91 bits per heavy atom. The minimum atomic E-state index is -1.32. The summed E-state index contributed by atoms with van der Waals surface area (Å²) in [5.74, 6) is -1.07. The van der Waals surface area contributed by atoms with E-state index in [-0.39, 0.29) is 6.61 Å². The van der Waals surface area contributed by atoms with Crippen LogP contribution in [0.1, 0.15) is 17.3 Å². The van der Waals surface area contributed by atoms with Crippen LogP contribution < -0.4 is 0 Å². The molecule has 4 atom stereocenters. The molecule has 1 aliphatic heterocycles. The molecule has 0 saturated carbocycles. The number of hydrogen-bond acceptors (Lipinski definition) is 7. The molecule has 0 unspecified atom stereocenters. The maximum absolute atomic E-state index is 11.9. The fourth-order valence-electron chi connectivity index (χ4n) is 2.26. The molecule has 1 heterocycles. The first-order chi connectivity index (χ1) is 10.5. The number of benzene rings is 1. The Balaban J connectivity index is 1.95. The Bertz CT molecular complexity index is 516. The van der Waals surface area contributed by atoms with Crippen molar-refractivity contribution in [3.63, 3.8) is 0 Å². The van der Waals surface area contributed by atoms with E-state index >= 15 is 0 Å². The largest absolute Gasteiger partial charge is 0.459 e. The summed E-state index contributed by atoms with van der Waals surface area (Å²) in [4.78, 5) is 22.9. The van der Waals surface area contributed by atoms with Gasteiger partial charge in [0.2, 0.25) is 0 Å². The summed E-state index contributed by atoms with van der Waals surface area (Å²) in [6.45, 7) is 1.10. The van der Waals surface area contributed by atoms with Crippen LogP contribution in [0.2, 0.25) is 0 Å². The van der Waals surface area contributed by atoms with E-state index in [9.17, 15) is 14.7 Å². The van der Waals surface area contributed by atoms with Crippen molar-refractivity contribution in [2.75, 3.05) is 13.7 Å². The van der Waals surface area contributed by atoms with E-state index in [0.29, 0.717) is 5.56 Å². The molecule has 0 radical (unpaired) electrons. The second-order valence-electron chi connectivity index (χ2n) is 4.80. The van der Waals surface area contributed by atoms with E-state index in [1.54, 1.807) is 30.3 Å². The van der Waals surface area contributed by atoms with Crippen LogP contribution in [0.15, 0.2) is 30.3 Å². The highest BCUT2D eigenvalue weighted by Crippen LogP contribution is 2.25. The minimum Gasteiger partial charge on any atom is -0.459 e. The summed E-state index contributed by atoms with van der Waals surface area (Å²) in [5, 5.41) is 9.77. The zero-order chi connectivity index (χ0) is 16.1. The van der Waals surface area contributed by atoms with Gasteiger partial charge in [-0.1, -0.05) is 18.2 Å². The van der Waals surface area contributed by atoms with Gasteiger partial charge in [-0.15, -0.1) is 0 Å². The highest BCUT2D eigenvalue weighted by atomic mass is 16.7. The number of carbonyl (C=O) groups excluding carboxylic acids is 2. The Morgan fingerprint density at radius 3 is 2.50 bits per heavy atom. The molecule has 0 aliphatic carbocycles. The van der Waals surface area contributed by atoms with Crippen LogP contribution in [0.25, 0.3) is 0 Å². The first kappa shape index (κ1) is 16.4. The number of esters is 2. The van der Waals surface area contributed by atoms with Crippen LogP contribution in [0, 0.1) is 0 Å². The third-order valence-corrected chi connectivity index (χ3v) is 3.25. The number of hydrogen-bond donors (Lipinski definition) is 1. The molecule has 7 heteroatoms. The van der Waals surface area contributed by atoms with E-state index in [2.05, 4.69) is 0 Å². The van der Waals surface area contributed by atoms with Crippen molar-refractivity contribution >= 4 is 11.9 Å². The number of carbonyl (C=O) groups is 2. The van der Waals surface area contributed by atoms with Crippen molar-refractivity contribution in [1.29, 1.82) is 0 Å². The summed E-state index contributed by atoms with van der Waals surface area (Å²) in [6, 6.07) is 8.49. The monoisotopic (exact) mass is 310 g/mol. The zero-order valence-corrected chi connectivity index (χ0v) is 12.3. The van der Waals surface area contributed by atoms with Crippen molar-refractivity contribution in [3.05, 3.63) is 35.9 Å². The number of aliphatic hydroxyl groups excluding tert-OH is 1. The summed E-state index contributed by atoms with van der Waals surface area (Å²) in [7, 11) is 1.40. The summed E-state index contributed by atoms with van der Waals surface area (Å²) >= 11 is 0. The first-order valence-electron chi connectivity index (χ1n) is 6.78. The van der Waals surface area contributed by atoms with E-state index in [0.717, 1.165) is 0 Å². The van der Waals surface area contributed by atoms with Crippen LogP contribution in [0.5, 0.6) is 0 Å². The van der Waals surface area contributed by atoms with Gasteiger partial charge in [0.15, 0.2) is 12.4 Å². The lowest BCUT2D eigenvalue weighted by Crippen LogP contribution is -2.39. The molecular formula is C15H18O7. The molecular weight excluding hydrogens is 292 g/mol. The molecule has 2 rings (SSSR count). The van der Waals surface area contributed by atoms with Gasteiger partial charge < -0.3 is 24.1 Å². The first-order valence-corrected chi connectivity index (χ1v) is 6.78. The minimum absolute atomic E-state index is 0.124. The highest BCUT2D eigenvalue weighted by Gasteiger charge is 2.47. The molecule has 1 aliphatic rings. The van der Waals surface area contributed by atoms with Crippen molar-refractivity contribution < 1.29 is 33.6 Å². The van der Waals surface area contributed by atoms with Gasteiger partial charge in [0.05, 0.1) is 5.56 Å². The maximum atomic E-state index is 11.9. The Morgan fingerprint density at radius 1 is 1.23 bits per heavy atom. The van der Waals surface area contributed by atoms with Crippen LogP contribution >= 0.6 is 0 Å². The maximum Gasteiger partial charge on any atom is 0.338 e. The second kappa shape index (κ2) is 7.35. The lowest BCUT2D eigenvalue weighted by molar-refractivity contribution is -0.171. The van der Waals surface area contributed by atoms with Gasteiger partial charge in [0.1, 0.15) is 18.8 Å². The van der Waals surface area contributed by atoms with Gasteiger partial charge in [-0.25, -0.2) is 4.79 Å². The Kier molecular flexibility index (Phi) is 5.48. The van der Waals surface area contributed by atoms with E-state index < -0.39 is 36.5 Å². The molecule has 7 nitrogen and oxygen atoms in total. The van der Waals surface area contributed by atoms with Gasteiger partial charge in [-0.3, -0.25) is 4.79 Å². The normalized spacial score (nSPS) is 27.4. The average Bonchev–Trinajstić information content (AvgIpc) is 2.80. The van der Waals surface area contributed by atoms with Crippen molar-refractivity contribution in [1.82, 2.24) is 0 Å². The number of ether oxygens (including phenoxy) is 4. The standard InChI is InChI=1S/C15H18O7/c1-9(16)21-13-12(19-2)11(22-15(13)18)8-20-14(17)10-6-4-3-5-7-10/h3-7,11-13,15,18H,8H2,1-2H3/t11-,12+,13+,15-/m0/s1. The summed E-state index contributed by atoms with van der Waals surface area (Å²) in [6.07, 6.45) is -3.73. The lowest BCUT2D eigenvalue weighted by Gasteiger charge is -2.20. The summed E-state index contributed by atoms with van der Waals surface area (Å²) in [5.41, 5.74) is 0.409. The molecule has 1 N–H and O–H groups in total. The number of methoxy groups -OCH3 is 1. The SMILES string of the molecule is CO[C@H]1[C@@H](OC(C)=O)[C@@H](O)O[C@H]1COC(=O)c1ccccc1. The Hall–Kier alpha value is -1.96. The van der Waals surface area contributed by atoms with Crippen LogP contribution in [0.3, 0.4) is 0 Å². The fraction of sp³-hybridized carbons (Fsp3) is 0.467. The molecule has 1 aromatic rings. The van der Waals surface area contributed by atoms with Gasteiger partial charge in [-0.2, -0.15) is 0 Å². The van der Waals surface area contributed by atoms with Gasteiger partial charge in [-0.05, 0) is 12.1 Å². The van der Waals surface area contributed by atoms with Gasteiger partial charge >= 0.3 is 11.9 Å². The smallest absolute Gasteiger partial charge is 0.338 e. The molecule has 0 bridgehead atoms. The van der Waals surface area contributed by atoms with Gasteiger partial charge in [0, 0.05) is 14.0 Å². The number of aliphatic hydroxyl groups is 1. The van der Waals surface area contributed by atoms with Crippen molar-refractivity contribution in [3.8, 4) is 0 Å². The molecule has 22 heavy (non-hydrogen) atoms. The van der Waals surface area contributed by atoms with Crippen LogP contribution in [-0.4, -0.2) is 55.4 Å². The highest BCUT2D eigenvalue weighted by molar-refractivity contribution is 5.89. The van der Waals surface area contributed by atoms with Gasteiger partial charge in [0.25, 0.3) is 0 Å². The van der Waals surface area contributed by atoms with Crippen molar-refractivity contribution in [2.45, 2.75) is 31.5 Å². The third kappa shape index (κ3) is 3.82.